The molecule has 164 valence electrons. The molecule has 0 aliphatic heterocycles. The Balaban J connectivity index is 1.58. The van der Waals surface area contributed by atoms with Gasteiger partial charge in [0, 0.05) is 18.2 Å². The van der Waals surface area contributed by atoms with E-state index in [0.29, 0.717) is 21.9 Å². The Bertz CT molecular complexity index is 1210. The van der Waals surface area contributed by atoms with Crippen LogP contribution in [0, 0.1) is 12.7 Å². The molecule has 0 bridgehead atoms. The van der Waals surface area contributed by atoms with Crippen LogP contribution in [0.15, 0.2) is 47.0 Å². The Kier molecular flexibility index (Phi) is 6.81. The van der Waals surface area contributed by atoms with Crippen LogP contribution >= 0.6 is 11.6 Å². The molecule has 0 saturated heterocycles. The van der Waals surface area contributed by atoms with Crippen LogP contribution in [0.2, 0.25) is 5.02 Å². The number of ether oxygens (including phenoxy) is 1. The zero-order valence-corrected chi connectivity index (χ0v) is 18.2. The minimum atomic E-state index is -3.80. The highest BCUT2D eigenvalue weighted by Gasteiger charge is 2.17. The van der Waals surface area contributed by atoms with Gasteiger partial charge in [0.05, 0.1) is 23.6 Å². The van der Waals surface area contributed by atoms with Crippen molar-refractivity contribution in [1.82, 2.24) is 10.5 Å². The van der Waals surface area contributed by atoms with Gasteiger partial charge in [0.15, 0.2) is 11.5 Å². The van der Waals surface area contributed by atoms with Crippen molar-refractivity contribution in [2.45, 2.75) is 6.92 Å². The van der Waals surface area contributed by atoms with E-state index in [-0.39, 0.29) is 23.7 Å². The molecule has 2 N–H and O–H groups in total. The maximum Gasteiger partial charge on any atom is 0.273 e. The van der Waals surface area contributed by atoms with E-state index in [1.165, 1.54) is 25.3 Å². The van der Waals surface area contributed by atoms with Crippen LogP contribution in [0.25, 0.3) is 11.3 Å². The quantitative estimate of drug-likeness (QED) is 0.523. The molecule has 0 unspecified atom stereocenters. The first-order valence-electron chi connectivity index (χ1n) is 9.04. The van der Waals surface area contributed by atoms with Crippen LogP contribution in [0.5, 0.6) is 5.75 Å². The van der Waals surface area contributed by atoms with Gasteiger partial charge in [-0.1, -0.05) is 22.8 Å². The number of hydrogen-bond acceptors (Lipinski definition) is 6. The average molecular weight is 468 g/mol. The molecule has 0 aliphatic rings. The summed E-state index contributed by atoms with van der Waals surface area (Å²) in [6.07, 6.45) is 0. The van der Waals surface area contributed by atoms with Crippen LogP contribution < -0.4 is 14.8 Å². The summed E-state index contributed by atoms with van der Waals surface area (Å²) < 4.78 is 50.4. The number of nitrogens with one attached hydrogen (secondary N) is 2. The highest BCUT2D eigenvalue weighted by atomic mass is 35.5. The molecule has 0 atom stereocenters. The number of methoxy groups -OCH3 is 1. The number of benzene rings is 2. The lowest BCUT2D eigenvalue weighted by atomic mass is 10.1. The maximum atomic E-state index is 13.6. The first kappa shape index (κ1) is 22.6. The zero-order valence-electron chi connectivity index (χ0n) is 16.6. The van der Waals surface area contributed by atoms with Crippen molar-refractivity contribution in [3.05, 3.63) is 64.6 Å². The van der Waals surface area contributed by atoms with Gasteiger partial charge in [-0.05, 0) is 42.8 Å². The standard InChI is InChI=1S/C20H19ClFN3O5S/c1-12-3-4-13(9-17(12)22)25-31(27,28)8-7-23-20(26)18-11-19(30-24-18)15-6-5-14(29-2)10-16(15)21/h3-6,9-11,25H,7-8H2,1-2H3,(H,23,26). The second kappa shape index (κ2) is 9.36. The number of halogens is 2. The number of hydrogen-bond donors (Lipinski definition) is 2. The highest BCUT2D eigenvalue weighted by Crippen LogP contribution is 2.31. The largest absolute Gasteiger partial charge is 0.497 e. The number of aryl methyl sites for hydroxylation is 1. The van der Waals surface area contributed by atoms with Gasteiger partial charge < -0.3 is 14.6 Å². The molecule has 0 fully saturated rings. The maximum absolute atomic E-state index is 13.6. The Morgan fingerprint density at radius 2 is 2.00 bits per heavy atom. The number of rotatable bonds is 8. The van der Waals surface area contributed by atoms with Crippen molar-refractivity contribution in [2.24, 2.45) is 0 Å². The highest BCUT2D eigenvalue weighted by molar-refractivity contribution is 7.92. The van der Waals surface area contributed by atoms with E-state index >= 15 is 0 Å². The zero-order chi connectivity index (χ0) is 22.6. The summed E-state index contributed by atoms with van der Waals surface area (Å²) in [6.45, 7) is 1.38. The predicted molar refractivity (Wildman–Crippen MR) is 114 cm³/mol. The van der Waals surface area contributed by atoms with Gasteiger partial charge in [-0.3, -0.25) is 9.52 Å². The molecule has 0 spiro atoms. The number of carbonyl (C=O) groups is 1. The van der Waals surface area contributed by atoms with Crippen molar-refractivity contribution in [3.8, 4) is 17.1 Å². The van der Waals surface area contributed by atoms with Crippen LogP contribution in [0.4, 0.5) is 10.1 Å². The lowest BCUT2D eigenvalue weighted by molar-refractivity contribution is 0.0947. The molecule has 8 nitrogen and oxygen atoms in total. The summed E-state index contributed by atoms with van der Waals surface area (Å²) in [5, 5.41) is 6.50. The van der Waals surface area contributed by atoms with Crippen molar-refractivity contribution >= 4 is 33.2 Å². The third-order valence-corrected chi connectivity index (χ3v) is 5.89. The van der Waals surface area contributed by atoms with E-state index in [2.05, 4.69) is 15.2 Å². The molecule has 11 heteroatoms. The lowest BCUT2D eigenvalue weighted by Gasteiger charge is -2.09. The molecule has 1 aromatic heterocycles. The van der Waals surface area contributed by atoms with Crippen LogP contribution in [-0.4, -0.2) is 38.9 Å². The normalized spacial score (nSPS) is 11.2. The topological polar surface area (TPSA) is 111 Å². The number of aromatic nitrogens is 1. The number of sulfonamides is 1. The number of anilines is 1. The summed E-state index contributed by atoms with van der Waals surface area (Å²) in [4.78, 5) is 12.2. The molecule has 31 heavy (non-hydrogen) atoms. The van der Waals surface area contributed by atoms with Crippen molar-refractivity contribution in [3.63, 3.8) is 0 Å². The third-order valence-electron chi connectivity index (χ3n) is 4.29. The summed E-state index contributed by atoms with van der Waals surface area (Å²) in [6, 6.07) is 10.3. The molecule has 3 aromatic rings. The summed E-state index contributed by atoms with van der Waals surface area (Å²) in [7, 11) is -2.29. The molecule has 0 saturated carbocycles. The second-order valence-corrected chi connectivity index (χ2v) is 8.81. The molecule has 0 radical (unpaired) electrons. The minimum absolute atomic E-state index is 0.0344. The van der Waals surface area contributed by atoms with Crippen LogP contribution in [0.3, 0.4) is 0 Å². The van der Waals surface area contributed by atoms with Gasteiger partial charge >= 0.3 is 0 Å². The van der Waals surface area contributed by atoms with Crippen LogP contribution in [0.1, 0.15) is 16.1 Å². The Morgan fingerprint density at radius 3 is 2.68 bits per heavy atom. The smallest absolute Gasteiger partial charge is 0.273 e. The first-order valence-corrected chi connectivity index (χ1v) is 11.1. The molecule has 3 rings (SSSR count). The van der Waals surface area contributed by atoms with E-state index < -0.39 is 27.5 Å². The number of amides is 1. The molecular formula is C20H19ClFN3O5S. The van der Waals surface area contributed by atoms with Crippen LogP contribution in [-0.2, 0) is 10.0 Å². The second-order valence-electron chi connectivity index (χ2n) is 6.56. The average Bonchev–Trinajstić information content (AvgIpc) is 3.20. The first-order chi connectivity index (χ1) is 14.7. The fraction of sp³-hybridized carbons (Fsp3) is 0.200. The number of carbonyl (C=O) groups excluding carboxylic acids is 1. The summed E-state index contributed by atoms with van der Waals surface area (Å²) in [5.41, 5.74) is 0.990. The van der Waals surface area contributed by atoms with Gasteiger partial charge in [-0.15, -0.1) is 0 Å². The van der Waals surface area contributed by atoms with E-state index in [9.17, 15) is 17.6 Å². The van der Waals surface area contributed by atoms with Gasteiger partial charge in [0.25, 0.3) is 5.91 Å². The van der Waals surface area contributed by atoms with E-state index in [0.717, 1.165) is 6.07 Å². The van der Waals surface area contributed by atoms with Gasteiger partial charge in [0.1, 0.15) is 11.6 Å². The van der Waals surface area contributed by atoms with Crippen molar-refractivity contribution < 1.29 is 26.9 Å². The Labute approximate surface area is 183 Å². The SMILES string of the molecule is COc1ccc(-c2cc(C(=O)NCCS(=O)(=O)Nc3ccc(C)c(F)c3)no2)c(Cl)c1. The molecule has 2 aromatic carbocycles. The number of nitrogens with zero attached hydrogens (tertiary/aromatic N) is 1. The van der Waals surface area contributed by atoms with Crippen molar-refractivity contribution in [1.29, 1.82) is 0 Å². The minimum Gasteiger partial charge on any atom is -0.497 e. The predicted octanol–water partition coefficient (Wildman–Crippen LogP) is 3.62. The summed E-state index contributed by atoms with van der Waals surface area (Å²) >= 11 is 6.18. The van der Waals surface area contributed by atoms with Gasteiger partial charge in [-0.25, -0.2) is 12.8 Å². The Hall–Kier alpha value is -3.11. The van der Waals surface area contributed by atoms with Gasteiger partial charge in [0.2, 0.25) is 10.0 Å². The van der Waals surface area contributed by atoms with Crippen molar-refractivity contribution in [2.75, 3.05) is 24.1 Å². The monoisotopic (exact) mass is 467 g/mol. The third kappa shape index (κ3) is 5.74. The van der Waals surface area contributed by atoms with E-state index in [1.807, 2.05) is 0 Å². The van der Waals surface area contributed by atoms with E-state index in [1.54, 1.807) is 25.1 Å². The molecule has 1 heterocycles. The van der Waals surface area contributed by atoms with E-state index in [4.69, 9.17) is 20.9 Å². The summed E-state index contributed by atoms with van der Waals surface area (Å²) in [5.74, 6) is -0.713. The lowest BCUT2D eigenvalue weighted by Crippen LogP contribution is -2.31. The van der Waals surface area contributed by atoms with Gasteiger partial charge in [-0.2, -0.15) is 0 Å². The molecule has 0 aliphatic carbocycles. The fourth-order valence-corrected chi connectivity index (χ4v) is 3.83. The molecular weight excluding hydrogens is 449 g/mol. The Morgan fingerprint density at radius 1 is 1.23 bits per heavy atom. The fourth-order valence-electron chi connectivity index (χ4n) is 2.61. The molecule has 1 amide bonds.